The van der Waals surface area contributed by atoms with Gasteiger partial charge in [-0.05, 0) is 68.2 Å². The summed E-state index contributed by atoms with van der Waals surface area (Å²) < 4.78 is 10.8. The van der Waals surface area contributed by atoms with Crippen molar-refractivity contribution in [3.63, 3.8) is 0 Å². The number of ether oxygens (including phenoxy) is 2. The molecule has 2 saturated carbocycles. The molecule has 1 aromatic carbocycles. The van der Waals surface area contributed by atoms with Gasteiger partial charge >= 0.3 is 5.97 Å². The Morgan fingerprint density at radius 3 is 2.63 bits per heavy atom. The van der Waals surface area contributed by atoms with Crippen molar-refractivity contribution in [2.24, 2.45) is 15.9 Å². The molecule has 1 amide bonds. The number of amides is 1. The fourth-order valence-electron chi connectivity index (χ4n) is 4.90. The molecule has 0 bridgehead atoms. The van der Waals surface area contributed by atoms with Gasteiger partial charge in [0.15, 0.2) is 11.5 Å². The Morgan fingerprint density at radius 2 is 1.97 bits per heavy atom. The fraction of sp³-hybridized carbons (Fsp3) is 0.591. The van der Waals surface area contributed by atoms with Crippen molar-refractivity contribution in [1.82, 2.24) is 10.7 Å². The Morgan fingerprint density at radius 1 is 1.20 bits per heavy atom. The summed E-state index contributed by atoms with van der Waals surface area (Å²) in [6, 6.07) is 6.37. The van der Waals surface area contributed by atoms with Crippen LogP contribution < -0.4 is 20.2 Å². The van der Waals surface area contributed by atoms with Gasteiger partial charge in [-0.25, -0.2) is 5.43 Å². The van der Waals surface area contributed by atoms with E-state index in [1.807, 2.05) is 12.1 Å². The number of hydrogen-bond donors (Lipinski definition) is 3. The lowest BCUT2D eigenvalue weighted by Crippen LogP contribution is -2.44. The van der Waals surface area contributed by atoms with Gasteiger partial charge in [0.25, 0.3) is 5.91 Å². The summed E-state index contributed by atoms with van der Waals surface area (Å²) >= 11 is 0. The van der Waals surface area contributed by atoms with Crippen molar-refractivity contribution in [2.75, 3.05) is 20.8 Å². The summed E-state index contributed by atoms with van der Waals surface area (Å²) in [6.45, 7) is 0.958. The summed E-state index contributed by atoms with van der Waals surface area (Å²) in [5.74, 6) is -0.0927. The minimum Gasteiger partial charge on any atom is -0.493 e. The smallest absolute Gasteiger partial charge is 0.319 e. The van der Waals surface area contributed by atoms with Gasteiger partial charge in [0.1, 0.15) is 5.41 Å². The van der Waals surface area contributed by atoms with E-state index in [-0.39, 0.29) is 11.5 Å². The van der Waals surface area contributed by atoms with Gasteiger partial charge in [0.05, 0.1) is 14.2 Å². The second-order valence-corrected chi connectivity index (χ2v) is 8.70. The molecule has 8 nitrogen and oxygen atoms in total. The average molecular weight is 415 g/mol. The van der Waals surface area contributed by atoms with Gasteiger partial charge in [-0.15, -0.1) is 0 Å². The minimum absolute atomic E-state index is 0.140. The molecule has 4 rings (SSSR count). The van der Waals surface area contributed by atoms with Crippen LogP contribution in [0.1, 0.15) is 44.1 Å². The number of carboxylic acids is 1. The van der Waals surface area contributed by atoms with Gasteiger partial charge in [-0.3, -0.25) is 9.59 Å². The van der Waals surface area contributed by atoms with Crippen LogP contribution in [0, 0.1) is 10.8 Å². The molecule has 1 aromatic rings. The van der Waals surface area contributed by atoms with Gasteiger partial charge in [-0.2, -0.15) is 5.10 Å². The molecule has 3 N–H and O–H groups in total. The van der Waals surface area contributed by atoms with Crippen LogP contribution in [0.25, 0.3) is 0 Å². The predicted molar refractivity (Wildman–Crippen MR) is 111 cm³/mol. The van der Waals surface area contributed by atoms with Crippen molar-refractivity contribution in [1.29, 1.82) is 0 Å². The lowest BCUT2D eigenvalue weighted by atomic mass is 9.67. The number of hydrazone groups is 1. The van der Waals surface area contributed by atoms with Crippen LogP contribution >= 0.6 is 0 Å². The minimum atomic E-state index is -1.26. The number of benzene rings is 1. The molecule has 2 aliphatic carbocycles. The SMILES string of the molecule is COc1ccc(C[C@@]23CCN[C@H]2CC(=NNC(=O)C2(C(=O)O)CC2)CC3)cc1OC. The van der Waals surface area contributed by atoms with Crippen molar-refractivity contribution in [3.8, 4) is 11.5 Å². The molecule has 0 unspecified atom stereocenters. The van der Waals surface area contributed by atoms with E-state index in [1.165, 1.54) is 5.56 Å². The number of nitrogens with one attached hydrogen (secondary N) is 2. The molecular weight excluding hydrogens is 386 g/mol. The number of nitrogens with zero attached hydrogens (tertiary/aromatic N) is 1. The maximum Gasteiger partial charge on any atom is 0.319 e. The third-order valence-corrected chi connectivity index (χ3v) is 7.02. The van der Waals surface area contributed by atoms with E-state index in [4.69, 9.17) is 9.47 Å². The van der Waals surface area contributed by atoms with Crippen molar-refractivity contribution < 1.29 is 24.2 Å². The quantitative estimate of drug-likeness (QED) is 0.465. The average Bonchev–Trinajstić information content (AvgIpc) is 3.47. The summed E-state index contributed by atoms with van der Waals surface area (Å²) in [7, 11) is 3.28. The molecule has 0 radical (unpaired) electrons. The molecule has 0 aromatic heterocycles. The number of carboxylic acid groups (broad SMARTS) is 1. The van der Waals surface area contributed by atoms with Crippen LogP contribution in [0.4, 0.5) is 0 Å². The fourth-order valence-corrected chi connectivity index (χ4v) is 4.90. The van der Waals surface area contributed by atoms with E-state index < -0.39 is 17.3 Å². The third kappa shape index (κ3) is 3.64. The van der Waals surface area contributed by atoms with Crippen LogP contribution in [0.5, 0.6) is 11.5 Å². The van der Waals surface area contributed by atoms with Crippen LogP contribution in [-0.4, -0.2) is 49.5 Å². The maximum atomic E-state index is 12.2. The first-order chi connectivity index (χ1) is 14.4. The Labute approximate surface area is 176 Å². The monoisotopic (exact) mass is 415 g/mol. The summed E-state index contributed by atoms with van der Waals surface area (Å²) in [6.07, 6.45) is 5.33. The number of aliphatic carboxylic acids is 1. The first-order valence-electron chi connectivity index (χ1n) is 10.5. The standard InChI is InChI=1S/C22H29N3O5/c1-29-16-4-3-14(11-17(16)30-2)13-21-6-5-15(12-18(21)23-10-9-21)24-25-19(26)22(7-8-22)20(27)28/h3-4,11,18,23H,5-10,12-13H2,1-2H3,(H,25,26)(H,27,28)/t18-,21+/m0/s1. The highest BCUT2D eigenvalue weighted by atomic mass is 16.5. The van der Waals surface area contributed by atoms with E-state index in [0.29, 0.717) is 12.8 Å². The summed E-state index contributed by atoms with van der Waals surface area (Å²) in [5.41, 5.74) is 3.53. The van der Waals surface area contributed by atoms with E-state index in [0.717, 1.165) is 55.9 Å². The van der Waals surface area contributed by atoms with Crippen LogP contribution in [-0.2, 0) is 16.0 Å². The number of carbonyl (C=O) groups is 2. The number of hydrogen-bond acceptors (Lipinski definition) is 6. The molecule has 1 heterocycles. The number of fused-ring (bicyclic) bond motifs is 1. The van der Waals surface area contributed by atoms with Crippen LogP contribution in [0.3, 0.4) is 0 Å². The topological polar surface area (TPSA) is 109 Å². The molecule has 3 aliphatic rings. The summed E-state index contributed by atoms with van der Waals surface area (Å²) in [5, 5.41) is 17.1. The zero-order valence-electron chi connectivity index (χ0n) is 17.5. The Hall–Kier alpha value is -2.61. The molecule has 162 valence electrons. The van der Waals surface area contributed by atoms with Crippen LogP contribution in [0.15, 0.2) is 23.3 Å². The second kappa shape index (κ2) is 7.91. The lowest BCUT2D eigenvalue weighted by molar-refractivity contribution is -0.149. The van der Waals surface area contributed by atoms with Gasteiger partial charge < -0.3 is 19.9 Å². The molecular formula is C22H29N3O5. The summed E-state index contributed by atoms with van der Waals surface area (Å²) in [4.78, 5) is 23.5. The zero-order valence-corrected chi connectivity index (χ0v) is 17.5. The highest BCUT2D eigenvalue weighted by molar-refractivity contribution is 6.05. The molecule has 1 aliphatic heterocycles. The van der Waals surface area contributed by atoms with E-state index in [1.54, 1.807) is 14.2 Å². The largest absolute Gasteiger partial charge is 0.493 e. The zero-order chi connectivity index (χ0) is 21.4. The number of carbonyl (C=O) groups excluding carboxylic acids is 1. The molecule has 8 heteroatoms. The van der Waals surface area contributed by atoms with Gasteiger partial charge in [0, 0.05) is 18.2 Å². The lowest BCUT2D eigenvalue weighted by Gasteiger charge is -2.40. The Kier molecular flexibility index (Phi) is 5.44. The van der Waals surface area contributed by atoms with Crippen molar-refractivity contribution in [3.05, 3.63) is 23.8 Å². The third-order valence-electron chi connectivity index (χ3n) is 7.02. The molecule has 1 saturated heterocycles. The predicted octanol–water partition coefficient (Wildman–Crippen LogP) is 2.12. The Bertz CT molecular complexity index is 880. The van der Waals surface area contributed by atoms with Crippen molar-refractivity contribution in [2.45, 2.75) is 51.0 Å². The first kappa shape index (κ1) is 20.7. The molecule has 2 atom stereocenters. The number of methoxy groups -OCH3 is 2. The second-order valence-electron chi connectivity index (χ2n) is 8.70. The normalized spacial score (nSPS) is 27.9. The van der Waals surface area contributed by atoms with Crippen LogP contribution in [0.2, 0.25) is 0 Å². The first-order valence-corrected chi connectivity index (χ1v) is 10.5. The molecule has 0 spiro atoms. The maximum absolute atomic E-state index is 12.2. The van der Waals surface area contributed by atoms with E-state index in [9.17, 15) is 14.7 Å². The molecule has 3 fully saturated rings. The van der Waals surface area contributed by atoms with Gasteiger partial charge in [-0.1, -0.05) is 6.07 Å². The molecule has 30 heavy (non-hydrogen) atoms. The van der Waals surface area contributed by atoms with Crippen molar-refractivity contribution >= 4 is 17.6 Å². The van der Waals surface area contributed by atoms with E-state index >= 15 is 0 Å². The highest BCUT2D eigenvalue weighted by Crippen LogP contribution is 2.47. The van der Waals surface area contributed by atoms with Gasteiger partial charge in [0.2, 0.25) is 0 Å². The Balaban J connectivity index is 1.43. The highest BCUT2D eigenvalue weighted by Gasteiger charge is 2.57. The number of rotatable bonds is 7. The van der Waals surface area contributed by atoms with E-state index in [2.05, 4.69) is 21.9 Å².